The Balaban J connectivity index is 2.16. The smallest absolute Gasteiger partial charge is 0.322 e. The maximum absolute atomic E-state index is 5.31. The summed E-state index contributed by atoms with van der Waals surface area (Å²) < 4.78 is 10.4. The van der Waals surface area contributed by atoms with Crippen LogP contribution in [0.1, 0.15) is 6.92 Å². The van der Waals surface area contributed by atoms with Crippen LogP contribution < -0.4 is 20.3 Å². The molecule has 0 saturated carbocycles. The fourth-order valence-electron chi connectivity index (χ4n) is 1.70. The molecule has 0 bridgehead atoms. The van der Waals surface area contributed by atoms with Gasteiger partial charge in [-0.2, -0.15) is 15.0 Å². The molecule has 1 aliphatic heterocycles. The van der Waals surface area contributed by atoms with E-state index in [2.05, 4.69) is 25.6 Å². The van der Waals surface area contributed by atoms with Crippen LogP contribution in [-0.4, -0.2) is 60.0 Å². The second-order valence-electron chi connectivity index (χ2n) is 4.03. The van der Waals surface area contributed by atoms with Gasteiger partial charge in [0.2, 0.25) is 11.9 Å². The maximum Gasteiger partial charge on any atom is 0.322 e. The van der Waals surface area contributed by atoms with E-state index < -0.39 is 0 Å². The van der Waals surface area contributed by atoms with Crippen LogP contribution in [0.25, 0.3) is 0 Å². The molecule has 1 fully saturated rings. The van der Waals surface area contributed by atoms with Crippen molar-refractivity contribution in [1.29, 1.82) is 0 Å². The Morgan fingerprint density at radius 1 is 1.35 bits per heavy atom. The molecule has 1 aromatic heterocycles. The van der Waals surface area contributed by atoms with Gasteiger partial charge in [-0.15, -0.1) is 0 Å². The molecule has 1 aromatic rings. The molecule has 2 rings (SSSR count). The highest BCUT2D eigenvalue weighted by Crippen LogP contribution is 2.15. The summed E-state index contributed by atoms with van der Waals surface area (Å²) in [5.74, 6) is 0.922. The maximum atomic E-state index is 5.31. The third-order valence-electron chi connectivity index (χ3n) is 2.64. The summed E-state index contributed by atoms with van der Waals surface area (Å²) in [6.45, 7) is 5.49. The molecule has 8 nitrogen and oxygen atoms in total. The summed E-state index contributed by atoms with van der Waals surface area (Å²) in [7, 11) is 1.52. The van der Waals surface area contributed by atoms with Gasteiger partial charge in [-0.1, -0.05) is 0 Å². The molecule has 110 valence electrons. The zero-order valence-corrected chi connectivity index (χ0v) is 12.4. The van der Waals surface area contributed by atoms with E-state index in [1.807, 2.05) is 11.8 Å². The highest BCUT2D eigenvalue weighted by Gasteiger charge is 2.17. The van der Waals surface area contributed by atoms with E-state index in [-0.39, 0.29) is 6.01 Å². The first-order chi connectivity index (χ1) is 9.72. The molecule has 0 atom stereocenters. The van der Waals surface area contributed by atoms with Crippen LogP contribution in [0, 0.1) is 0 Å². The molecule has 9 heteroatoms. The number of ether oxygens (including phenoxy) is 2. The average Bonchev–Trinajstić information content (AvgIpc) is 2.48. The van der Waals surface area contributed by atoms with Gasteiger partial charge < -0.3 is 25.0 Å². The van der Waals surface area contributed by atoms with Gasteiger partial charge in [0.1, 0.15) is 0 Å². The average molecular weight is 298 g/mol. The van der Waals surface area contributed by atoms with Crippen molar-refractivity contribution in [1.82, 2.24) is 20.3 Å². The molecule has 0 amide bonds. The topological polar surface area (TPSA) is 84.4 Å². The Bertz CT molecular complexity index is 466. The molecular formula is C11H18N6O2S. The minimum atomic E-state index is 0.253. The standard InChI is InChI=1S/C11H18N6O2S/c1-3-12-11(20)15-8-13-9(16-10(14-8)18-2)17-4-6-19-7-5-17/h3-7H2,1-2H3,(H2,12,13,14,15,16,20). The lowest BCUT2D eigenvalue weighted by Gasteiger charge is -2.26. The van der Waals surface area contributed by atoms with Crippen molar-refractivity contribution in [2.45, 2.75) is 6.92 Å². The normalized spacial score (nSPS) is 14.8. The third-order valence-corrected chi connectivity index (χ3v) is 2.89. The fourth-order valence-corrected chi connectivity index (χ4v) is 1.94. The molecule has 1 aliphatic rings. The Kier molecular flexibility index (Phi) is 5.24. The van der Waals surface area contributed by atoms with Crippen LogP contribution in [0.3, 0.4) is 0 Å². The summed E-state index contributed by atoms with van der Waals surface area (Å²) in [4.78, 5) is 14.8. The molecular weight excluding hydrogens is 280 g/mol. The number of rotatable bonds is 4. The predicted octanol–water partition coefficient (Wildman–Crippen LogP) is 0.0231. The highest BCUT2D eigenvalue weighted by atomic mass is 32.1. The molecule has 2 heterocycles. The van der Waals surface area contributed by atoms with Gasteiger partial charge in [-0.3, -0.25) is 0 Å². The molecule has 20 heavy (non-hydrogen) atoms. The largest absolute Gasteiger partial charge is 0.467 e. The molecule has 0 aromatic carbocycles. The summed E-state index contributed by atoms with van der Waals surface area (Å²) in [6, 6.07) is 0.253. The van der Waals surface area contributed by atoms with Gasteiger partial charge in [0.25, 0.3) is 0 Å². The van der Waals surface area contributed by atoms with Crippen molar-refractivity contribution < 1.29 is 9.47 Å². The van der Waals surface area contributed by atoms with E-state index in [1.165, 1.54) is 7.11 Å². The summed E-state index contributed by atoms with van der Waals surface area (Å²) in [6.07, 6.45) is 0. The van der Waals surface area contributed by atoms with Crippen LogP contribution in [-0.2, 0) is 4.74 Å². The summed E-state index contributed by atoms with van der Waals surface area (Å²) in [5.41, 5.74) is 0. The molecule has 0 radical (unpaired) electrons. The van der Waals surface area contributed by atoms with E-state index >= 15 is 0 Å². The Morgan fingerprint density at radius 2 is 2.10 bits per heavy atom. The quantitative estimate of drug-likeness (QED) is 0.747. The van der Waals surface area contributed by atoms with Crippen LogP contribution >= 0.6 is 12.2 Å². The Labute approximate surface area is 122 Å². The van der Waals surface area contributed by atoms with E-state index in [0.29, 0.717) is 30.2 Å². The number of hydrogen-bond donors (Lipinski definition) is 2. The van der Waals surface area contributed by atoms with Crippen molar-refractivity contribution >= 4 is 29.2 Å². The second-order valence-corrected chi connectivity index (χ2v) is 4.44. The first-order valence-electron chi connectivity index (χ1n) is 6.40. The number of anilines is 2. The minimum Gasteiger partial charge on any atom is -0.467 e. The molecule has 1 saturated heterocycles. The highest BCUT2D eigenvalue weighted by molar-refractivity contribution is 7.80. The van der Waals surface area contributed by atoms with Gasteiger partial charge in [0, 0.05) is 19.6 Å². The fraction of sp³-hybridized carbons (Fsp3) is 0.636. The minimum absolute atomic E-state index is 0.253. The number of morpholine rings is 1. The first-order valence-corrected chi connectivity index (χ1v) is 6.81. The first kappa shape index (κ1) is 14.7. The lowest BCUT2D eigenvalue weighted by atomic mass is 10.4. The van der Waals surface area contributed by atoms with E-state index in [9.17, 15) is 0 Å². The molecule has 2 N–H and O–H groups in total. The van der Waals surface area contributed by atoms with Gasteiger partial charge >= 0.3 is 6.01 Å². The van der Waals surface area contributed by atoms with Crippen LogP contribution in [0.4, 0.5) is 11.9 Å². The van der Waals surface area contributed by atoms with Crippen molar-refractivity contribution in [3.63, 3.8) is 0 Å². The number of aromatic nitrogens is 3. The lowest BCUT2D eigenvalue weighted by molar-refractivity contribution is 0.122. The molecule has 0 spiro atoms. The number of thiocarbonyl (C=S) groups is 1. The zero-order valence-electron chi connectivity index (χ0n) is 11.5. The van der Waals surface area contributed by atoms with Gasteiger partial charge in [-0.05, 0) is 19.1 Å². The number of hydrogen-bond acceptors (Lipinski definition) is 7. The van der Waals surface area contributed by atoms with E-state index in [4.69, 9.17) is 21.7 Å². The number of methoxy groups -OCH3 is 1. The van der Waals surface area contributed by atoms with Gasteiger partial charge in [0.15, 0.2) is 5.11 Å². The number of nitrogens with one attached hydrogen (secondary N) is 2. The van der Waals surface area contributed by atoms with Crippen LogP contribution in [0.15, 0.2) is 0 Å². The second kappa shape index (κ2) is 7.15. The van der Waals surface area contributed by atoms with Gasteiger partial charge in [-0.25, -0.2) is 0 Å². The monoisotopic (exact) mass is 298 g/mol. The summed E-state index contributed by atoms with van der Waals surface area (Å²) >= 11 is 5.12. The van der Waals surface area contributed by atoms with Crippen molar-refractivity contribution in [2.24, 2.45) is 0 Å². The van der Waals surface area contributed by atoms with Crippen LogP contribution in [0.5, 0.6) is 6.01 Å². The van der Waals surface area contributed by atoms with Crippen molar-refractivity contribution in [3.05, 3.63) is 0 Å². The molecule has 0 aliphatic carbocycles. The lowest BCUT2D eigenvalue weighted by Crippen LogP contribution is -2.37. The van der Waals surface area contributed by atoms with Crippen molar-refractivity contribution in [2.75, 3.05) is 50.2 Å². The predicted molar refractivity (Wildman–Crippen MR) is 79.3 cm³/mol. The van der Waals surface area contributed by atoms with Crippen LogP contribution in [0.2, 0.25) is 0 Å². The Morgan fingerprint density at radius 3 is 2.75 bits per heavy atom. The zero-order chi connectivity index (χ0) is 14.4. The number of nitrogens with zero attached hydrogens (tertiary/aromatic N) is 4. The SMILES string of the molecule is CCNC(=S)Nc1nc(OC)nc(N2CCOCC2)n1. The van der Waals surface area contributed by atoms with Gasteiger partial charge in [0.05, 0.1) is 20.3 Å². The Hall–Kier alpha value is -1.74. The van der Waals surface area contributed by atoms with Crippen molar-refractivity contribution in [3.8, 4) is 6.01 Å². The third kappa shape index (κ3) is 3.87. The summed E-state index contributed by atoms with van der Waals surface area (Å²) in [5, 5.41) is 6.36. The van der Waals surface area contributed by atoms with E-state index in [0.717, 1.165) is 19.6 Å². The van der Waals surface area contributed by atoms with E-state index in [1.54, 1.807) is 0 Å². The molecule has 0 unspecified atom stereocenters.